The molecule has 0 spiro atoms. The molecule has 0 fully saturated rings. The van der Waals surface area contributed by atoms with Gasteiger partial charge in [0.1, 0.15) is 15.8 Å². The molecule has 2 rings (SSSR count). The Morgan fingerprint density at radius 2 is 2.21 bits per heavy atom. The summed E-state index contributed by atoms with van der Waals surface area (Å²) in [4.78, 5) is 0. The molecule has 19 heavy (non-hydrogen) atoms. The number of aromatic nitrogens is 2. The van der Waals surface area contributed by atoms with Crippen LogP contribution in [0.4, 0.5) is 4.39 Å². The van der Waals surface area contributed by atoms with E-state index in [-0.39, 0.29) is 5.82 Å². The lowest BCUT2D eigenvalue weighted by molar-refractivity contribution is 0.199. The molecule has 0 saturated heterocycles. The lowest BCUT2D eigenvalue weighted by atomic mass is 10.1. The average Bonchev–Trinajstić information content (AvgIpc) is 2.86. The summed E-state index contributed by atoms with van der Waals surface area (Å²) in [5.74, 6) is -0.254. The first-order valence-electron chi connectivity index (χ1n) is 5.99. The van der Waals surface area contributed by atoms with Crippen LogP contribution in [-0.4, -0.2) is 30.5 Å². The standard InChI is InChI=1S/C13H16FN3OS/c1-9-3-4-10(14)7-11(9)13-17-16-12(19-13)8-15-5-6-18-2/h3-4,7,15H,5-6,8H2,1-2H3. The molecule has 0 aliphatic rings. The van der Waals surface area contributed by atoms with Crippen molar-refractivity contribution in [1.82, 2.24) is 15.5 Å². The summed E-state index contributed by atoms with van der Waals surface area (Å²) in [5, 5.41) is 13.1. The van der Waals surface area contributed by atoms with Crippen LogP contribution in [0.25, 0.3) is 10.6 Å². The van der Waals surface area contributed by atoms with Crippen LogP contribution < -0.4 is 5.32 Å². The normalized spacial score (nSPS) is 10.9. The van der Waals surface area contributed by atoms with Gasteiger partial charge >= 0.3 is 0 Å². The fourth-order valence-electron chi connectivity index (χ4n) is 1.63. The van der Waals surface area contributed by atoms with Gasteiger partial charge in [-0.05, 0) is 24.6 Å². The highest BCUT2D eigenvalue weighted by atomic mass is 32.1. The number of hydrogen-bond acceptors (Lipinski definition) is 5. The van der Waals surface area contributed by atoms with Gasteiger partial charge in [0, 0.05) is 25.8 Å². The molecule has 1 N–H and O–H groups in total. The third kappa shape index (κ3) is 3.79. The van der Waals surface area contributed by atoms with Crippen LogP contribution in [-0.2, 0) is 11.3 Å². The van der Waals surface area contributed by atoms with Gasteiger partial charge in [0.2, 0.25) is 0 Å². The molecule has 0 amide bonds. The van der Waals surface area contributed by atoms with Gasteiger partial charge in [0.05, 0.1) is 6.61 Å². The van der Waals surface area contributed by atoms with E-state index in [1.807, 2.05) is 6.92 Å². The van der Waals surface area contributed by atoms with Crippen LogP contribution >= 0.6 is 11.3 Å². The first kappa shape index (κ1) is 14.0. The Labute approximate surface area is 115 Å². The molecular formula is C13H16FN3OS. The molecule has 102 valence electrons. The summed E-state index contributed by atoms with van der Waals surface area (Å²) >= 11 is 1.47. The number of benzene rings is 1. The molecule has 2 aromatic rings. The molecule has 1 aromatic carbocycles. The molecule has 0 radical (unpaired) electrons. The van der Waals surface area contributed by atoms with E-state index >= 15 is 0 Å². The highest BCUT2D eigenvalue weighted by Crippen LogP contribution is 2.27. The number of nitrogens with one attached hydrogen (secondary N) is 1. The zero-order valence-corrected chi connectivity index (χ0v) is 11.8. The Hall–Kier alpha value is -1.37. The molecular weight excluding hydrogens is 265 g/mol. The average molecular weight is 281 g/mol. The van der Waals surface area contributed by atoms with Crippen LogP contribution in [0.5, 0.6) is 0 Å². The Bertz CT molecular complexity index is 544. The van der Waals surface area contributed by atoms with Crippen molar-refractivity contribution in [2.75, 3.05) is 20.3 Å². The fraction of sp³-hybridized carbons (Fsp3) is 0.385. The second kappa shape index (κ2) is 6.70. The van der Waals surface area contributed by atoms with E-state index in [0.717, 1.165) is 27.7 Å². The predicted octanol–water partition coefficient (Wildman–Crippen LogP) is 2.39. The molecule has 0 atom stereocenters. The second-order valence-electron chi connectivity index (χ2n) is 4.13. The zero-order valence-electron chi connectivity index (χ0n) is 10.9. The number of rotatable bonds is 6. The van der Waals surface area contributed by atoms with E-state index in [1.54, 1.807) is 13.2 Å². The Kier molecular flexibility index (Phi) is 4.95. The van der Waals surface area contributed by atoms with Gasteiger partial charge in [0.15, 0.2) is 0 Å². The van der Waals surface area contributed by atoms with E-state index in [1.165, 1.54) is 23.5 Å². The van der Waals surface area contributed by atoms with E-state index in [2.05, 4.69) is 15.5 Å². The van der Waals surface area contributed by atoms with Crippen molar-refractivity contribution < 1.29 is 9.13 Å². The van der Waals surface area contributed by atoms with Gasteiger partial charge in [-0.25, -0.2) is 4.39 Å². The van der Waals surface area contributed by atoms with Crippen LogP contribution in [0.1, 0.15) is 10.6 Å². The van der Waals surface area contributed by atoms with Crippen LogP contribution in [0.2, 0.25) is 0 Å². The summed E-state index contributed by atoms with van der Waals surface area (Å²) in [6.07, 6.45) is 0. The van der Waals surface area contributed by atoms with Gasteiger partial charge in [-0.1, -0.05) is 17.4 Å². The number of methoxy groups -OCH3 is 1. The highest BCUT2D eigenvalue weighted by molar-refractivity contribution is 7.14. The number of hydrogen-bond donors (Lipinski definition) is 1. The van der Waals surface area contributed by atoms with Crippen LogP contribution in [0.3, 0.4) is 0 Å². The van der Waals surface area contributed by atoms with Gasteiger partial charge in [-0.2, -0.15) is 0 Å². The smallest absolute Gasteiger partial charge is 0.148 e. The van der Waals surface area contributed by atoms with Crippen molar-refractivity contribution in [3.05, 3.63) is 34.6 Å². The molecule has 0 saturated carbocycles. The first-order valence-corrected chi connectivity index (χ1v) is 6.81. The van der Waals surface area contributed by atoms with Crippen molar-refractivity contribution >= 4 is 11.3 Å². The second-order valence-corrected chi connectivity index (χ2v) is 5.19. The van der Waals surface area contributed by atoms with Crippen molar-refractivity contribution in [2.45, 2.75) is 13.5 Å². The predicted molar refractivity (Wildman–Crippen MR) is 73.6 cm³/mol. The minimum Gasteiger partial charge on any atom is -0.383 e. The van der Waals surface area contributed by atoms with E-state index in [9.17, 15) is 4.39 Å². The fourth-order valence-corrected chi connectivity index (χ4v) is 2.52. The number of aryl methyl sites for hydroxylation is 1. The maximum Gasteiger partial charge on any atom is 0.148 e. The number of nitrogens with zero attached hydrogens (tertiary/aromatic N) is 2. The summed E-state index contributed by atoms with van der Waals surface area (Å²) < 4.78 is 18.2. The Balaban J connectivity index is 2.06. The molecule has 4 nitrogen and oxygen atoms in total. The van der Waals surface area contributed by atoms with E-state index < -0.39 is 0 Å². The molecule has 1 heterocycles. The quantitative estimate of drug-likeness (QED) is 0.826. The Morgan fingerprint density at radius 3 is 3.00 bits per heavy atom. The van der Waals surface area contributed by atoms with Crippen molar-refractivity contribution in [2.24, 2.45) is 0 Å². The number of halogens is 1. The lowest BCUT2D eigenvalue weighted by Crippen LogP contribution is -2.18. The van der Waals surface area contributed by atoms with Gasteiger partial charge in [-0.15, -0.1) is 10.2 Å². The van der Waals surface area contributed by atoms with Crippen molar-refractivity contribution in [3.8, 4) is 10.6 Å². The van der Waals surface area contributed by atoms with Gasteiger partial charge in [0.25, 0.3) is 0 Å². The molecule has 0 aliphatic heterocycles. The highest BCUT2D eigenvalue weighted by Gasteiger charge is 2.09. The van der Waals surface area contributed by atoms with Crippen LogP contribution in [0, 0.1) is 12.7 Å². The molecule has 0 unspecified atom stereocenters. The molecule has 0 bridgehead atoms. The van der Waals surface area contributed by atoms with Crippen molar-refractivity contribution in [1.29, 1.82) is 0 Å². The van der Waals surface area contributed by atoms with E-state index in [4.69, 9.17) is 4.74 Å². The molecule has 6 heteroatoms. The SMILES string of the molecule is COCCNCc1nnc(-c2cc(F)ccc2C)s1. The topological polar surface area (TPSA) is 47.0 Å². The van der Waals surface area contributed by atoms with Crippen LogP contribution in [0.15, 0.2) is 18.2 Å². The van der Waals surface area contributed by atoms with Gasteiger partial charge < -0.3 is 10.1 Å². The maximum atomic E-state index is 13.3. The molecule has 0 aliphatic carbocycles. The van der Waals surface area contributed by atoms with E-state index in [0.29, 0.717) is 13.2 Å². The molecule has 1 aromatic heterocycles. The summed E-state index contributed by atoms with van der Waals surface area (Å²) in [7, 11) is 1.66. The summed E-state index contributed by atoms with van der Waals surface area (Å²) in [5.41, 5.74) is 1.80. The van der Waals surface area contributed by atoms with Gasteiger partial charge in [-0.3, -0.25) is 0 Å². The summed E-state index contributed by atoms with van der Waals surface area (Å²) in [6.45, 7) is 4.02. The third-order valence-corrected chi connectivity index (χ3v) is 3.61. The van der Waals surface area contributed by atoms with Crippen molar-refractivity contribution in [3.63, 3.8) is 0 Å². The number of ether oxygens (including phenoxy) is 1. The first-order chi connectivity index (χ1) is 9.20. The summed E-state index contributed by atoms with van der Waals surface area (Å²) in [6, 6.07) is 4.70. The monoisotopic (exact) mass is 281 g/mol. The largest absolute Gasteiger partial charge is 0.383 e. The maximum absolute atomic E-state index is 13.3. The minimum absolute atomic E-state index is 0.254. The third-order valence-electron chi connectivity index (χ3n) is 2.66. The lowest BCUT2D eigenvalue weighted by Gasteiger charge is -2.01. The zero-order chi connectivity index (χ0) is 13.7. The minimum atomic E-state index is -0.254. The Morgan fingerprint density at radius 1 is 1.37 bits per heavy atom.